The fourth-order valence-corrected chi connectivity index (χ4v) is 1.08. The van der Waals surface area contributed by atoms with E-state index in [9.17, 15) is 4.79 Å². The van der Waals surface area contributed by atoms with Gasteiger partial charge in [-0.2, -0.15) is 0 Å². The van der Waals surface area contributed by atoms with E-state index in [1.807, 2.05) is 10.8 Å². The van der Waals surface area contributed by atoms with E-state index < -0.39 is 0 Å². The largest absolute Gasteiger partial charge is 0.469 e. The molecule has 4 heteroatoms. The molecule has 72 valence electrons. The second-order valence-electron chi connectivity index (χ2n) is 2.83. The molecule has 4 nitrogen and oxygen atoms in total. The van der Waals surface area contributed by atoms with Crippen molar-refractivity contribution in [3.8, 4) is 0 Å². The fraction of sp³-hybridized carbons (Fsp3) is 0.556. The lowest BCUT2D eigenvalue weighted by Crippen LogP contribution is -2.01. The van der Waals surface area contributed by atoms with Gasteiger partial charge in [0.15, 0.2) is 0 Å². The number of aromatic nitrogens is 2. The minimum atomic E-state index is -0.134. The molecule has 0 aliphatic carbocycles. The van der Waals surface area contributed by atoms with E-state index in [4.69, 9.17) is 0 Å². The van der Waals surface area contributed by atoms with Gasteiger partial charge in [-0.25, -0.2) is 4.98 Å². The van der Waals surface area contributed by atoms with Gasteiger partial charge in [-0.1, -0.05) is 0 Å². The second-order valence-corrected chi connectivity index (χ2v) is 2.83. The number of methoxy groups -OCH3 is 1. The van der Waals surface area contributed by atoms with Gasteiger partial charge in [-0.05, 0) is 12.8 Å². The summed E-state index contributed by atoms with van der Waals surface area (Å²) >= 11 is 0. The molecular formula is C9H14N2O2. The number of aryl methyl sites for hydroxylation is 1. The van der Waals surface area contributed by atoms with Crippen LogP contribution in [0.4, 0.5) is 0 Å². The van der Waals surface area contributed by atoms with Gasteiger partial charge in [0.25, 0.3) is 0 Å². The molecule has 1 aromatic heterocycles. The summed E-state index contributed by atoms with van der Waals surface area (Å²) in [6.07, 6.45) is 7.79. The van der Waals surface area contributed by atoms with Crippen molar-refractivity contribution in [2.45, 2.75) is 25.8 Å². The number of ether oxygens (including phenoxy) is 1. The summed E-state index contributed by atoms with van der Waals surface area (Å²) in [7, 11) is 1.41. The van der Waals surface area contributed by atoms with E-state index in [2.05, 4.69) is 9.72 Å². The van der Waals surface area contributed by atoms with Crippen molar-refractivity contribution in [1.82, 2.24) is 9.55 Å². The number of unbranched alkanes of at least 4 members (excludes halogenated alkanes) is 1. The molecule has 0 N–H and O–H groups in total. The lowest BCUT2D eigenvalue weighted by molar-refractivity contribution is -0.140. The van der Waals surface area contributed by atoms with Crippen LogP contribution in [-0.4, -0.2) is 22.6 Å². The molecule has 0 saturated carbocycles. The first-order valence-electron chi connectivity index (χ1n) is 4.35. The first-order valence-corrected chi connectivity index (χ1v) is 4.35. The Labute approximate surface area is 77.5 Å². The molecule has 0 unspecified atom stereocenters. The molecule has 0 aliphatic rings. The Hall–Kier alpha value is -1.32. The Balaban J connectivity index is 2.05. The highest BCUT2D eigenvalue weighted by molar-refractivity contribution is 5.68. The fourth-order valence-electron chi connectivity index (χ4n) is 1.08. The summed E-state index contributed by atoms with van der Waals surface area (Å²) in [5.74, 6) is -0.134. The van der Waals surface area contributed by atoms with E-state index in [1.165, 1.54) is 7.11 Å². The summed E-state index contributed by atoms with van der Waals surface area (Å²) in [5, 5.41) is 0. The average Bonchev–Trinajstić information content (AvgIpc) is 2.64. The van der Waals surface area contributed by atoms with Gasteiger partial charge in [0.2, 0.25) is 0 Å². The highest BCUT2D eigenvalue weighted by atomic mass is 16.5. The first kappa shape index (κ1) is 9.77. The van der Waals surface area contributed by atoms with Crippen molar-refractivity contribution in [3.63, 3.8) is 0 Å². The molecule has 13 heavy (non-hydrogen) atoms. The van der Waals surface area contributed by atoms with Crippen LogP contribution in [0.5, 0.6) is 0 Å². The smallest absolute Gasteiger partial charge is 0.305 e. The Morgan fingerprint density at radius 2 is 2.38 bits per heavy atom. The molecular weight excluding hydrogens is 168 g/mol. The van der Waals surface area contributed by atoms with E-state index in [0.29, 0.717) is 6.42 Å². The van der Waals surface area contributed by atoms with Gasteiger partial charge >= 0.3 is 5.97 Å². The molecule has 1 rings (SSSR count). The van der Waals surface area contributed by atoms with Crippen LogP contribution >= 0.6 is 0 Å². The summed E-state index contributed by atoms with van der Waals surface area (Å²) in [6, 6.07) is 0. The maximum absolute atomic E-state index is 10.7. The molecule has 0 saturated heterocycles. The van der Waals surface area contributed by atoms with Crippen LogP contribution in [0.15, 0.2) is 18.7 Å². The van der Waals surface area contributed by atoms with Crippen LogP contribution in [0.3, 0.4) is 0 Å². The number of imidazole rings is 1. The van der Waals surface area contributed by atoms with Gasteiger partial charge < -0.3 is 9.30 Å². The number of hydrogen-bond acceptors (Lipinski definition) is 3. The molecule has 0 radical (unpaired) electrons. The number of esters is 1. The summed E-state index contributed by atoms with van der Waals surface area (Å²) < 4.78 is 6.53. The zero-order chi connectivity index (χ0) is 9.52. The SMILES string of the molecule is COC(=O)CCCCn1ccnc1. The van der Waals surface area contributed by atoms with E-state index in [-0.39, 0.29) is 5.97 Å². The maximum atomic E-state index is 10.7. The molecule has 0 fully saturated rings. The number of hydrogen-bond donors (Lipinski definition) is 0. The van der Waals surface area contributed by atoms with Crippen LogP contribution < -0.4 is 0 Å². The molecule has 0 bridgehead atoms. The van der Waals surface area contributed by atoms with Crippen LogP contribution in [0.2, 0.25) is 0 Å². The predicted octanol–water partition coefficient (Wildman–Crippen LogP) is 1.23. The Kier molecular flexibility index (Phi) is 4.02. The van der Waals surface area contributed by atoms with Gasteiger partial charge in [0, 0.05) is 25.4 Å². The zero-order valence-electron chi connectivity index (χ0n) is 7.77. The van der Waals surface area contributed by atoms with Crippen molar-refractivity contribution in [1.29, 1.82) is 0 Å². The van der Waals surface area contributed by atoms with Gasteiger partial charge in [0.05, 0.1) is 13.4 Å². The predicted molar refractivity (Wildman–Crippen MR) is 48.1 cm³/mol. The van der Waals surface area contributed by atoms with Gasteiger partial charge in [0.1, 0.15) is 0 Å². The van der Waals surface area contributed by atoms with E-state index >= 15 is 0 Å². The summed E-state index contributed by atoms with van der Waals surface area (Å²) in [4.78, 5) is 14.7. The topological polar surface area (TPSA) is 44.1 Å². The number of rotatable bonds is 5. The standard InChI is InChI=1S/C9H14N2O2/c1-13-9(12)4-2-3-6-11-7-5-10-8-11/h5,7-8H,2-4,6H2,1H3. The lowest BCUT2D eigenvalue weighted by atomic mass is 10.2. The van der Waals surface area contributed by atoms with Gasteiger partial charge in [-0.15, -0.1) is 0 Å². The second kappa shape index (κ2) is 5.35. The third-order valence-electron chi connectivity index (χ3n) is 1.83. The highest BCUT2D eigenvalue weighted by Gasteiger charge is 1.98. The van der Waals surface area contributed by atoms with Crippen LogP contribution in [-0.2, 0) is 16.1 Å². The molecule has 0 aliphatic heterocycles. The highest BCUT2D eigenvalue weighted by Crippen LogP contribution is 1.99. The number of carbonyl (C=O) groups excluding carboxylic acids is 1. The first-order chi connectivity index (χ1) is 6.33. The normalized spacial score (nSPS) is 9.92. The van der Waals surface area contributed by atoms with E-state index in [0.717, 1.165) is 19.4 Å². The Morgan fingerprint density at radius 3 is 3.00 bits per heavy atom. The minimum Gasteiger partial charge on any atom is -0.469 e. The molecule has 0 atom stereocenters. The Morgan fingerprint density at radius 1 is 1.54 bits per heavy atom. The number of nitrogens with zero attached hydrogens (tertiary/aromatic N) is 2. The number of carbonyl (C=O) groups is 1. The van der Waals surface area contributed by atoms with Crippen LogP contribution in [0, 0.1) is 0 Å². The maximum Gasteiger partial charge on any atom is 0.305 e. The molecule has 0 aromatic carbocycles. The molecule has 1 aromatic rings. The van der Waals surface area contributed by atoms with Crippen molar-refractivity contribution < 1.29 is 9.53 Å². The van der Waals surface area contributed by atoms with Crippen molar-refractivity contribution in [2.75, 3.05) is 7.11 Å². The van der Waals surface area contributed by atoms with Crippen molar-refractivity contribution in [3.05, 3.63) is 18.7 Å². The summed E-state index contributed by atoms with van der Waals surface area (Å²) in [6.45, 7) is 0.914. The molecule has 0 amide bonds. The Bertz CT molecular complexity index is 244. The molecule has 1 heterocycles. The summed E-state index contributed by atoms with van der Waals surface area (Å²) in [5.41, 5.74) is 0. The van der Waals surface area contributed by atoms with Crippen molar-refractivity contribution >= 4 is 5.97 Å². The lowest BCUT2D eigenvalue weighted by Gasteiger charge is -2.00. The van der Waals surface area contributed by atoms with Crippen molar-refractivity contribution in [2.24, 2.45) is 0 Å². The van der Waals surface area contributed by atoms with Crippen LogP contribution in [0.1, 0.15) is 19.3 Å². The average molecular weight is 182 g/mol. The zero-order valence-corrected chi connectivity index (χ0v) is 7.77. The van der Waals surface area contributed by atoms with Crippen LogP contribution in [0.25, 0.3) is 0 Å². The quantitative estimate of drug-likeness (QED) is 0.508. The minimum absolute atomic E-state index is 0.134. The monoisotopic (exact) mass is 182 g/mol. The van der Waals surface area contributed by atoms with E-state index in [1.54, 1.807) is 12.5 Å². The molecule has 0 spiro atoms. The third kappa shape index (κ3) is 3.73. The third-order valence-corrected chi connectivity index (χ3v) is 1.83. The van der Waals surface area contributed by atoms with Gasteiger partial charge in [-0.3, -0.25) is 4.79 Å².